The summed E-state index contributed by atoms with van der Waals surface area (Å²) in [6.07, 6.45) is 0. The molecule has 0 saturated carbocycles. The van der Waals surface area contributed by atoms with Crippen LogP contribution < -0.4 is 0 Å². The number of hydrogen-bond donors (Lipinski definition) is 0. The first-order valence-electron chi connectivity index (χ1n) is 5.70. The standard InChI is InChI=1S/C14H9BrClN3/c1-8-3-2-4-12(17-8)14-18-11-6-5-9(16)7-10(11)13(15)19-14/h2-7H,1H3. The van der Waals surface area contributed by atoms with Crippen LogP contribution in [-0.2, 0) is 0 Å². The van der Waals surface area contributed by atoms with E-state index in [9.17, 15) is 0 Å². The molecule has 0 atom stereocenters. The number of hydrogen-bond acceptors (Lipinski definition) is 3. The molecule has 0 amide bonds. The van der Waals surface area contributed by atoms with Gasteiger partial charge in [-0.05, 0) is 53.2 Å². The van der Waals surface area contributed by atoms with Crippen molar-refractivity contribution in [2.45, 2.75) is 6.92 Å². The topological polar surface area (TPSA) is 38.7 Å². The Hall–Kier alpha value is -1.52. The van der Waals surface area contributed by atoms with Gasteiger partial charge in [-0.3, -0.25) is 0 Å². The zero-order chi connectivity index (χ0) is 13.4. The van der Waals surface area contributed by atoms with E-state index in [1.807, 2.05) is 43.3 Å². The average molecular weight is 335 g/mol. The van der Waals surface area contributed by atoms with Crippen molar-refractivity contribution in [3.05, 3.63) is 51.7 Å². The zero-order valence-corrected chi connectivity index (χ0v) is 12.4. The van der Waals surface area contributed by atoms with E-state index >= 15 is 0 Å². The van der Waals surface area contributed by atoms with Crippen molar-refractivity contribution in [2.75, 3.05) is 0 Å². The minimum Gasteiger partial charge on any atom is -0.250 e. The molecular formula is C14H9BrClN3. The van der Waals surface area contributed by atoms with Crippen LogP contribution in [0.5, 0.6) is 0 Å². The number of aromatic nitrogens is 3. The molecule has 0 unspecified atom stereocenters. The second-order valence-electron chi connectivity index (χ2n) is 4.16. The Morgan fingerprint density at radius 2 is 1.89 bits per heavy atom. The Labute approximate surface area is 123 Å². The van der Waals surface area contributed by atoms with Crippen LogP contribution in [0.1, 0.15) is 5.69 Å². The van der Waals surface area contributed by atoms with Gasteiger partial charge in [-0.2, -0.15) is 0 Å². The van der Waals surface area contributed by atoms with Crippen LogP contribution in [0, 0.1) is 6.92 Å². The average Bonchev–Trinajstić information content (AvgIpc) is 2.39. The number of benzene rings is 1. The summed E-state index contributed by atoms with van der Waals surface area (Å²) in [5.41, 5.74) is 2.54. The fraction of sp³-hybridized carbons (Fsp3) is 0.0714. The third kappa shape index (κ3) is 2.46. The summed E-state index contributed by atoms with van der Waals surface area (Å²) in [4.78, 5) is 13.4. The molecule has 0 aliphatic carbocycles. The van der Waals surface area contributed by atoms with Gasteiger partial charge < -0.3 is 0 Å². The molecule has 0 fully saturated rings. The molecule has 0 bridgehead atoms. The molecule has 0 N–H and O–H groups in total. The van der Waals surface area contributed by atoms with Gasteiger partial charge in [-0.1, -0.05) is 17.7 Å². The molecule has 5 heteroatoms. The molecule has 3 nitrogen and oxygen atoms in total. The van der Waals surface area contributed by atoms with Gasteiger partial charge in [0.25, 0.3) is 0 Å². The Morgan fingerprint density at radius 3 is 2.68 bits per heavy atom. The molecule has 0 aliphatic heterocycles. The van der Waals surface area contributed by atoms with Gasteiger partial charge >= 0.3 is 0 Å². The van der Waals surface area contributed by atoms with E-state index in [0.717, 1.165) is 26.9 Å². The SMILES string of the molecule is Cc1cccc(-c2nc(Br)c3cc(Cl)ccc3n2)n1. The second kappa shape index (κ2) is 4.87. The summed E-state index contributed by atoms with van der Waals surface area (Å²) < 4.78 is 0.721. The third-order valence-electron chi connectivity index (χ3n) is 2.73. The fourth-order valence-corrected chi connectivity index (χ4v) is 2.50. The predicted octanol–water partition coefficient (Wildman–Crippen LogP) is 4.42. The molecule has 0 radical (unpaired) electrons. The summed E-state index contributed by atoms with van der Waals surface area (Å²) in [6, 6.07) is 11.3. The lowest BCUT2D eigenvalue weighted by Crippen LogP contribution is -1.95. The lowest BCUT2D eigenvalue weighted by atomic mass is 10.2. The highest BCUT2D eigenvalue weighted by molar-refractivity contribution is 9.10. The Morgan fingerprint density at radius 1 is 1.05 bits per heavy atom. The van der Waals surface area contributed by atoms with Gasteiger partial charge in [-0.15, -0.1) is 0 Å². The Kier molecular flexibility index (Phi) is 3.21. The molecule has 3 aromatic rings. The first kappa shape index (κ1) is 12.5. The molecule has 0 spiro atoms. The van der Waals surface area contributed by atoms with Crippen molar-refractivity contribution in [2.24, 2.45) is 0 Å². The van der Waals surface area contributed by atoms with Crippen molar-refractivity contribution in [3.63, 3.8) is 0 Å². The van der Waals surface area contributed by atoms with E-state index < -0.39 is 0 Å². The zero-order valence-electron chi connectivity index (χ0n) is 10.1. The van der Waals surface area contributed by atoms with Gasteiger partial charge in [0.2, 0.25) is 0 Å². The normalized spacial score (nSPS) is 10.9. The van der Waals surface area contributed by atoms with E-state index in [0.29, 0.717) is 10.8 Å². The fourth-order valence-electron chi connectivity index (χ4n) is 1.85. The number of nitrogens with zero attached hydrogens (tertiary/aromatic N) is 3. The molecule has 0 aliphatic rings. The molecule has 1 aromatic carbocycles. The van der Waals surface area contributed by atoms with E-state index in [1.54, 1.807) is 0 Å². The minimum absolute atomic E-state index is 0.602. The first-order chi connectivity index (χ1) is 9.13. The number of pyridine rings is 1. The van der Waals surface area contributed by atoms with Gasteiger partial charge in [-0.25, -0.2) is 15.0 Å². The van der Waals surface area contributed by atoms with E-state index in [1.165, 1.54) is 0 Å². The number of halogens is 2. The highest BCUT2D eigenvalue weighted by Gasteiger charge is 2.09. The highest BCUT2D eigenvalue weighted by atomic mass is 79.9. The first-order valence-corrected chi connectivity index (χ1v) is 6.87. The lowest BCUT2D eigenvalue weighted by molar-refractivity contribution is 1.13. The largest absolute Gasteiger partial charge is 0.250 e. The predicted molar refractivity (Wildman–Crippen MR) is 80.2 cm³/mol. The van der Waals surface area contributed by atoms with Crippen LogP contribution in [0.2, 0.25) is 5.02 Å². The van der Waals surface area contributed by atoms with Gasteiger partial charge in [0.1, 0.15) is 10.3 Å². The lowest BCUT2D eigenvalue weighted by Gasteiger charge is -2.05. The monoisotopic (exact) mass is 333 g/mol. The summed E-state index contributed by atoms with van der Waals surface area (Å²) in [5.74, 6) is 0.602. The van der Waals surface area contributed by atoms with Gasteiger partial charge in [0, 0.05) is 16.1 Å². The van der Waals surface area contributed by atoms with Crippen molar-refractivity contribution < 1.29 is 0 Å². The molecule has 2 aromatic heterocycles. The smallest absolute Gasteiger partial charge is 0.179 e. The molecular weight excluding hydrogens is 326 g/mol. The molecule has 2 heterocycles. The summed E-state index contributed by atoms with van der Waals surface area (Å²) in [7, 11) is 0. The summed E-state index contributed by atoms with van der Waals surface area (Å²) >= 11 is 9.44. The van der Waals surface area contributed by atoms with E-state index in [4.69, 9.17) is 11.6 Å². The molecule has 19 heavy (non-hydrogen) atoms. The van der Waals surface area contributed by atoms with E-state index in [2.05, 4.69) is 30.9 Å². The van der Waals surface area contributed by atoms with Crippen LogP contribution >= 0.6 is 27.5 Å². The molecule has 94 valence electrons. The highest BCUT2D eigenvalue weighted by Crippen LogP contribution is 2.26. The van der Waals surface area contributed by atoms with Crippen molar-refractivity contribution >= 4 is 38.4 Å². The maximum atomic E-state index is 5.98. The minimum atomic E-state index is 0.602. The number of rotatable bonds is 1. The van der Waals surface area contributed by atoms with E-state index in [-0.39, 0.29) is 0 Å². The third-order valence-corrected chi connectivity index (χ3v) is 3.57. The van der Waals surface area contributed by atoms with Crippen LogP contribution in [0.15, 0.2) is 41.0 Å². The second-order valence-corrected chi connectivity index (χ2v) is 5.35. The van der Waals surface area contributed by atoms with Gasteiger partial charge in [0.15, 0.2) is 5.82 Å². The number of fused-ring (bicyclic) bond motifs is 1. The van der Waals surface area contributed by atoms with Gasteiger partial charge in [0.05, 0.1) is 5.52 Å². The molecule has 3 rings (SSSR count). The maximum absolute atomic E-state index is 5.98. The quantitative estimate of drug-likeness (QED) is 0.618. The summed E-state index contributed by atoms with van der Waals surface area (Å²) in [6.45, 7) is 1.94. The van der Waals surface area contributed by atoms with Crippen LogP contribution in [0.25, 0.3) is 22.4 Å². The Balaban J connectivity index is 2.24. The Bertz CT molecular complexity index is 774. The summed E-state index contributed by atoms with van der Waals surface area (Å²) in [5, 5.41) is 1.56. The van der Waals surface area contributed by atoms with Crippen LogP contribution in [-0.4, -0.2) is 15.0 Å². The van der Waals surface area contributed by atoms with Crippen molar-refractivity contribution in [3.8, 4) is 11.5 Å². The number of aryl methyl sites for hydroxylation is 1. The van der Waals surface area contributed by atoms with Crippen molar-refractivity contribution in [1.29, 1.82) is 0 Å². The van der Waals surface area contributed by atoms with Crippen LogP contribution in [0.4, 0.5) is 0 Å². The maximum Gasteiger partial charge on any atom is 0.179 e. The van der Waals surface area contributed by atoms with Crippen LogP contribution in [0.3, 0.4) is 0 Å². The van der Waals surface area contributed by atoms with Crippen molar-refractivity contribution in [1.82, 2.24) is 15.0 Å². The molecule has 0 saturated heterocycles.